The number of hydrogen-bond donors (Lipinski definition) is 1. The van der Waals surface area contributed by atoms with E-state index in [4.69, 9.17) is 0 Å². The summed E-state index contributed by atoms with van der Waals surface area (Å²) in [6, 6.07) is 15.2. The van der Waals surface area contributed by atoms with Gasteiger partial charge in [0.05, 0.1) is 24.1 Å². The lowest BCUT2D eigenvalue weighted by atomic mass is 10.2. The molecule has 3 aromatic rings. The molecule has 0 aliphatic heterocycles. The number of carbonyl (C=O) groups is 1. The third kappa shape index (κ3) is 3.76. The Labute approximate surface area is 156 Å². The molecule has 0 saturated carbocycles. The SMILES string of the molecule is C=C(Br)Cn1c(CNC(=O)c2ccc(Br)cc2)nc2ccccc21. The van der Waals surface area contributed by atoms with E-state index in [0.29, 0.717) is 18.7 Å². The lowest BCUT2D eigenvalue weighted by Crippen LogP contribution is -2.24. The minimum Gasteiger partial charge on any atom is -0.345 e. The van der Waals surface area contributed by atoms with Crippen LogP contribution in [-0.2, 0) is 13.1 Å². The molecular weight excluding hydrogens is 434 g/mol. The van der Waals surface area contributed by atoms with Crippen LogP contribution < -0.4 is 5.32 Å². The van der Waals surface area contributed by atoms with Crippen molar-refractivity contribution in [2.24, 2.45) is 0 Å². The predicted octanol–water partition coefficient (Wildman–Crippen LogP) is 4.64. The van der Waals surface area contributed by atoms with E-state index in [0.717, 1.165) is 25.8 Å². The summed E-state index contributed by atoms with van der Waals surface area (Å²) in [4.78, 5) is 16.9. The molecule has 3 rings (SSSR count). The van der Waals surface area contributed by atoms with E-state index in [2.05, 4.69) is 48.7 Å². The first-order chi connectivity index (χ1) is 11.5. The van der Waals surface area contributed by atoms with Crippen molar-refractivity contribution in [2.45, 2.75) is 13.1 Å². The van der Waals surface area contributed by atoms with E-state index in [1.807, 2.05) is 41.0 Å². The van der Waals surface area contributed by atoms with Crippen LogP contribution in [0.5, 0.6) is 0 Å². The van der Waals surface area contributed by atoms with Gasteiger partial charge >= 0.3 is 0 Å². The topological polar surface area (TPSA) is 46.9 Å². The third-order valence-electron chi connectivity index (χ3n) is 3.58. The molecule has 2 aromatic carbocycles. The van der Waals surface area contributed by atoms with Gasteiger partial charge in [-0.05, 0) is 36.4 Å². The summed E-state index contributed by atoms with van der Waals surface area (Å²) in [5, 5.41) is 2.93. The van der Waals surface area contributed by atoms with Gasteiger partial charge in [0, 0.05) is 14.5 Å². The van der Waals surface area contributed by atoms with Crippen LogP contribution in [-0.4, -0.2) is 15.5 Å². The van der Waals surface area contributed by atoms with Gasteiger partial charge < -0.3 is 9.88 Å². The molecule has 0 aliphatic rings. The fraction of sp³-hybridized carbons (Fsp3) is 0.111. The van der Waals surface area contributed by atoms with Crippen molar-refractivity contribution >= 4 is 48.8 Å². The largest absolute Gasteiger partial charge is 0.345 e. The Bertz CT molecular complexity index is 900. The Kier molecular flexibility index (Phi) is 5.16. The summed E-state index contributed by atoms with van der Waals surface area (Å²) in [5.41, 5.74) is 2.54. The number of rotatable bonds is 5. The van der Waals surface area contributed by atoms with Crippen molar-refractivity contribution in [3.63, 3.8) is 0 Å². The van der Waals surface area contributed by atoms with E-state index in [1.54, 1.807) is 12.1 Å². The van der Waals surface area contributed by atoms with Gasteiger partial charge in [-0.1, -0.05) is 50.6 Å². The molecule has 6 heteroatoms. The molecule has 122 valence electrons. The second kappa shape index (κ2) is 7.32. The average molecular weight is 449 g/mol. The second-order valence-electron chi connectivity index (χ2n) is 5.31. The molecule has 0 unspecified atom stereocenters. The van der Waals surface area contributed by atoms with Crippen LogP contribution >= 0.6 is 31.9 Å². The monoisotopic (exact) mass is 447 g/mol. The lowest BCUT2D eigenvalue weighted by molar-refractivity contribution is 0.0949. The Morgan fingerprint density at radius 2 is 1.88 bits per heavy atom. The molecule has 0 aliphatic carbocycles. The number of carbonyl (C=O) groups excluding carboxylic acids is 1. The molecule has 0 fully saturated rings. The van der Waals surface area contributed by atoms with E-state index in [9.17, 15) is 4.79 Å². The number of nitrogens with one attached hydrogen (secondary N) is 1. The number of aromatic nitrogens is 2. The first-order valence-corrected chi connectivity index (χ1v) is 8.94. The highest BCUT2D eigenvalue weighted by atomic mass is 79.9. The summed E-state index contributed by atoms with van der Waals surface area (Å²) in [6.45, 7) is 4.86. The minimum atomic E-state index is -0.126. The van der Waals surface area contributed by atoms with Crippen LogP contribution in [0.15, 0.2) is 64.1 Å². The van der Waals surface area contributed by atoms with Gasteiger partial charge in [-0.3, -0.25) is 4.79 Å². The molecule has 0 atom stereocenters. The normalized spacial score (nSPS) is 10.8. The molecule has 1 aromatic heterocycles. The molecule has 0 saturated heterocycles. The van der Waals surface area contributed by atoms with Crippen molar-refractivity contribution in [1.29, 1.82) is 0 Å². The highest BCUT2D eigenvalue weighted by Crippen LogP contribution is 2.19. The number of hydrogen-bond acceptors (Lipinski definition) is 2. The number of amides is 1. The molecule has 4 nitrogen and oxygen atoms in total. The summed E-state index contributed by atoms with van der Waals surface area (Å²) in [7, 11) is 0. The van der Waals surface area contributed by atoms with Gasteiger partial charge in [-0.15, -0.1) is 0 Å². The number of fused-ring (bicyclic) bond motifs is 1. The third-order valence-corrected chi connectivity index (χ3v) is 4.36. The van der Waals surface area contributed by atoms with Gasteiger partial charge in [-0.2, -0.15) is 0 Å². The Hall–Kier alpha value is -1.92. The minimum absolute atomic E-state index is 0.126. The molecule has 0 bridgehead atoms. The van der Waals surface area contributed by atoms with E-state index >= 15 is 0 Å². The number of halogens is 2. The van der Waals surface area contributed by atoms with Crippen LogP contribution in [0.2, 0.25) is 0 Å². The molecule has 24 heavy (non-hydrogen) atoms. The first kappa shape index (κ1) is 16.9. The zero-order valence-corrected chi connectivity index (χ0v) is 16.0. The zero-order valence-electron chi connectivity index (χ0n) is 12.8. The van der Waals surface area contributed by atoms with Crippen LogP contribution in [0, 0.1) is 0 Å². The van der Waals surface area contributed by atoms with Gasteiger partial charge in [0.2, 0.25) is 0 Å². The fourth-order valence-corrected chi connectivity index (χ4v) is 2.99. The van der Waals surface area contributed by atoms with Crippen molar-refractivity contribution in [3.05, 3.63) is 75.5 Å². The first-order valence-electron chi connectivity index (χ1n) is 7.36. The molecule has 1 N–H and O–H groups in total. The van der Waals surface area contributed by atoms with E-state index < -0.39 is 0 Å². The van der Waals surface area contributed by atoms with Crippen LogP contribution in [0.25, 0.3) is 11.0 Å². The maximum absolute atomic E-state index is 12.3. The van der Waals surface area contributed by atoms with Crippen molar-refractivity contribution in [1.82, 2.24) is 14.9 Å². The van der Waals surface area contributed by atoms with E-state index in [1.165, 1.54) is 0 Å². The summed E-state index contributed by atoms with van der Waals surface area (Å²) in [5.74, 6) is 0.668. The Balaban J connectivity index is 1.82. The maximum Gasteiger partial charge on any atom is 0.251 e. The average Bonchev–Trinajstić information content (AvgIpc) is 2.90. The molecule has 1 amide bonds. The summed E-state index contributed by atoms with van der Waals surface area (Å²) >= 11 is 6.77. The number of benzene rings is 2. The number of nitrogens with zero attached hydrogens (tertiary/aromatic N) is 2. The highest BCUT2D eigenvalue weighted by molar-refractivity contribution is 9.11. The molecule has 0 radical (unpaired) electrons. The Morgan fingerprint density at radius 3 is 2.58 bits per heavy atom. The molecule has 0 spiro atoms. The Morgan fingerprint density at radius 1 is 1.17 bits per heavy atom. The summed E-state index contributed by atoms with van der Waals surface area (Å²) in [6.07, 6.45) is 0. The number of para-hydroxylation sites is 2. The van der Waals surface area contributed by atoms with Gasteiger partial charge in [0.15, 0.2) is 0 Å². The van der Waals surface area contributed by atoms with Gasteiger partial charge in [0.1, 0.15) is 5.82 Å². The summed E-state index contributed by atoms with van der Waals surface area (Å²) < 4.78 is 3.84. The van der Waals surface area contributed by atoms with Gasteiger partial charge in [-0.25, -0.2) is 4.98 Å². The lowest BCUT2D eigenvalue weighted by Gasteiger charge is -2.09. The number of imidazole rings is 1. The standard InChI is InChI=1S/C18H15Br2N3O/c1-12(19)11-23-16-5-3-2-4-15(16)22-17(23)10-21-18(24)13-6-8-14(20)9-7-13/h2-9H,1,10-11H2,(H,21,24). The quantitative estimate of drug-likeness (QED) is 0.618. The zero-order chi connectivity index (χ0) is 17.1. The van der Waals surface area contributed by atoms with Crippen molar-refractivity contribution in [2.75, 3.05) is 0 Å². The maximum atomic E-state index is 12.3. The fourth-order valence-electron chi connectivity index (χ4n) is 2.47. The van der Waals surface area contributed by atoms with E-state index in [-0.39, 0.29) is 5.91 Å². The molecular formula is C18H15Br2N3O. The molecule has 1 heterocycles. The van der Waals surface area contributed by atoms with Crippen LogP contribution in [0.1, 0.15) is 16.2 Å². The van der Waals surface area contributed by atoms with Crippen molar-refractivity contribution in [3.8, 4) is 0 Å². The van der Waals surface area contributed by atoms with Gasteiger partial charge in [0.25, 0.3) is 5.91 Å². The number of allylic oxidation sites excluding steroid dienone is 1. The van der Waals surface area contributed by atoms with Crippen LogP contribution in [0.4, 0.5) is 0 Å². The highest BCUT2D eigenvalue weighted by Gasteiger charge is 2.12. The van der Waals surface area contributed by atoms with Crippen molar-refractivity contribution < 1.29 is 4.79 Å². The second-order valence-corrected chi connectivity index (χ2v) is 7.35. The smallest absolute Gasteiger partial charge is 0.251 e. The predicted molar refractivity (Wildman–Crippen MR) is 103 cm³/mol. The van der Waals surface area contributed by atoms with Crippen LogP contribution in [0.3, 0.4) is 0 Å².